The summed E-state index contributed by atoms with van der Waals surface area (Å²) >= 11 is 6.08. The lowest BCUT2D eigenvalue weighted by atomic mass is 10.0. The molecule has 30 heavy (non-hydrogen) atoms. The van der Waals surface area contributed by atoms with Crippen LogP contribution in [0.2, 0.25) is 5.02 Å². The first-order valence-electron chi connectivity index (χ1n) is 9.45. The third kappa shape index (κ3) is 6.16. The van der Waals surface area contributed by atoms with E-state index < -0.39 is 0 Å². The first-order valence-corrected chi connectivity index (χ1v) is 9.83. The van der Waals surface area contributed by atoms with E-state index in [1.54, 1.807) is 30.3 Å². The van der Waals surface area contributed by atoms with E-state index in [4.69, 9.17) is 16.3 Å². The first-order chi connectivity index (χ1) is 14.4. The molecule has 0 fully saturated rings. The van der Waals surface area contributed by atoms with Crippen LogP contribution in [0.4, 0.5) is 4.39 Å². The van der Waals surface area contributed by atoms with E-state index in [1.807, 2.05) is 32.0 Å². The number of amides is 1. The van der Waals surface area contributed by atoms with Crippen LogP contribution in [0.1, 0.15) is 27.8 Å². The maximum Gasteiger partial charge on any atom is 0.244 e. The third-order valence-electron chi connectivity index (χ3n) is 4.52. The Labute approximate surface area is 180 Å². The molecule has 6 heteroatoms. The molecule has 4 nitrogen and oxygen atoms in total. The number of hydrogen-bond donors (Lipinski definition) is 1. The highest BCUT2D eigenvalue weighted by molar-refractivity contribution is 6.30. The van der Waals surface area contributed by atoms with Crippen molar-refractivity contribution in [2.24, 2.45) is 5.10 Å². The van der Waals surface area contributed by atoms with E-state index in [2.05, 4.69) is 10.5 Å². The number of hydrogen-bond acceptors (Lipinski definition) is 3. The van der Waals surface area contributed by atoms with Gasteiger partial charge in [0, 0.05) is 10.6 Å². The highest BCUT2D eigenvalue weighted by Crippen LogP contribution is 2.22. The predicted molar refractivity (Wildman–Crippen MR) is 118 cm³/mol. The van der Waals surface area contributed by atoms with Crippen LogP contribution in [0.25, 0.3) is 0 Å². The number of nitrogens with one attached hydrogen (secondary N) is 1. The van der Waals surface area contributed by atoms with Gasteiger partial charge in [-0.1, -0.05) is 47.5 Å². The number of rotatable bonds is 7. The van der Waals surface area contributed by atoms with Crippen LogP contribution in [0.3, 0.4) is 0 Å². The Bertz CT molecular complexity index is 1070. The Kier molecular flexibility index (Phi) is 7.20. The summed E-state index contributed by atoms with van der Waals surface area (Å²) in [6, 6.07) is 17.2. The lowest BCUT2D eigenvalue weighted by Crippen LogP contribution is -2.20. The Hall–Kier alpha value is -3.18. The zero-order valence-corrected chi connectivity index (χ0v) is 17.5. The summed E-state index contributed by atoms with van der Waals surface area (Å²) in [5.41, 5.74) is 7.17. The van der Waals surface area contributed by atoms with E-state index in [0.717, 1.165) is 22.3 Å². The fourth-order valence-corrected chi connectivity index (χ4v) is 3.10. The fourth-order valence-electron chi connectivity index (χ4n) is 2.92. The molecule has 154 valence electrons. The predicted octanol–water partition coefficient (Wildman–Crippen LogP) is 5.37. The Morgan fingerprint density at radius 3 is 2.60 bits per heavy atom. The summed E-state index contributed by atoms with van der Waals surface area (Å²) < 4.78 is 18.8. The van der Waals surface area contributed by atoms with Crippen LogP contribution in [-0.2, 0) is 17.8 Å². The summed E-state index contributed by atoms with van der Waals surface area (Å²) in [6.45, 7) is 4.26. The summed E-state index contributed by atoms with van der Waals surface area (Å²) in [7, 11) is 0. The van der Waals surface area contributed by atoms with E-state index in [0.29, 0.717) is 16.3 Å². The molecule has 0 aromatic heterocycles. The van der Waals surface area contributed by atoms with Gasteiger partial charge >= 0.3 is 0 Å². The smallest absolute Gasteiger partial charge is 0.244 e. The third-order valence-corrected chi connectivity index (χ3v) is 4.76. The van der Waals surface area contributed by atoms with Gasteiger partial charge in [-0.25, -0.2) is 9.82 Å². The number of carbonyl (C=O) groups is 1. The number of benzene rings is 3. The van der Waals surface area contributed by atoms with Gasteiger partial charge in [-0.05, 0) is 60.9 Å². The average molecular weight is 425 g/mol. The van der Waals surface area contributed by atoms with Crippen molar-refractivity contribution in [3.63, 3.8) is 0 Å². The van der Waals surface area contributed by atoms with Crippen molar-refractivity contribution < 1.29 is 13.9 Å². The lowest BCUT2D eigenvalue weighted by molar-refractivity contribution is -0.120. The molecule has 1 N–H and O–H groups in total. The minimum absolute atomic E-state index is 0.214. The molecule has 1 amide bonds. The summed E-state index contributed by atoms with van der Waals surface area (Å²) in [4.78, 5) is 12.2. The zero-order valence-electron chi connectivity index (χ0n) is 16.8. The van der Waals surface area contributed by atoms with E-state index in [-0.39, 0.29) is 24.8 Å². The van der Waals surface area contributed by atoms with Crippen molar-refractivity contribution in [1.29, 1.82) is 0 Å². The molecular formula is C24H22ClFN2O2. The zero-order chi connectivity index (χ0) is 21.5. The number of halogens is 2. The molecule has 0 unspecified atom stereocenters. The first kappa shape index (κ1) is 21.5. The lowest BCUT2D eigenvalue weighted by Gasteiger charge is -2.10. The van der Waals surface area contributed by atoms with Crippen LogP contribution in [0, 0.1) is 19.7 Å². The molecule has 0 radical (unpaired) electrons. The molecule has 0 aliphatic heterocycles. The molecule has 0 saturated heterocycles. The van der Waals surface area contributed by atoms with Crippen molar-refractivity contribution in [3.05, 3.63) is 99.3 Å². The van der Waals surface area contributed by atoms with Crippen LogP contribution in [-0.4, -0.2) is 12.1 Å². The molecule has 3 aromatic rings. The molecule has 0 heterocycles. The number of aryl methyl sites for hydroxylation is 2. The van der Waals surface area contributed by atoms with Gasteiger partial charge in [0.1, 0.15) is 18.2 Å². The molecule has 0 saturated carbocycles. The second-order valence-electron chi connectivity index (χ2n) is 7.00. The average Bonchev–Trinajstić information content (AvgIpc) is 2.71. The van der Waals surface area contributed by atoms with Crippen molar-refractivity contribution in [3.8, 4) is 5.75 Å². The van der Waals surface area contributed by atoms with Gasteiger partial charge in [0.05, 0.1) is 12.6 Å². The van der Waals surface area contributed by atoms with Gasteiger partial charge in [0.25, 0.3) is 0 Å². The van der Waals surface area contributed by atoms with Gasteiger partial charge in [-0.15, -0.1) is 0 Å². The molecule has 3 aromatic carbocycles. The molecule has 0 atom stereocenters. The SMILES string of the molecule is Cc1ccc(CC(=O)N/N=C\c2cc(Cl)ccc2OCc2ccc(F)cc2)c(C)c1. The number of carbonyl (C=O) groups excluding carboxylic acids is 1. The van der Waals surface area contributed by atoms with E-state index in [9.17, 15) is 9.18 Å². The van der Waals surface area contributed by atoms with Crippen LogP contribution in [0.5, 0.6) is 5.75 Å². The molecule has 0 aliphatic carbocycles. The summed E-state index contributed by atoms with van der Waals surface area (Å²) in [5.74, 6) is 0.0414. The highest BCUT2D eigenvalue weighted by atomic mass is 35.5. The number of ether oxygens (including phenoxy) is 1. The van der Waals surface area contributed by atoms with E-state index >= 15 is 0 Å². The standard InChI is InChI=1S/C24H22ClFN2O2/c1-16-3-6-19(17(2)11-16)13-24(29)28-27-14-20-12-21(25)7-10-23(20)30-15-18-4-8-22(26)9-5-18/h3-12,14H,13,15H2,1-2H3,(H,28,29)/b27-14-. The molecule has 3 rings (SSSR count). The second kappa shape index (κ2) is 10.0. The molecule has 0 bridgehead atoms. The molecule has 0 aliphatic rings. The van der Waals surface area contributed by atoms with Gasteiger partial charge in [-0.3, -0.25) is 4.79 Å². The van der Waals surface area contributed by atoms with Crippen molar-refractivity contribution in [2.75, 3.05) is 0 Å². The topological polar surface area (TPSA) is 50.7 Å². The highest BCUT2D eigenvalue weighted by Gasteiger charge is 2.07. The normalized spacial score (nSPS) is 10.9. The monoisotopic (exact) mass is 424 g/mol. The fraction of sp³-hybridized carbons (Fsp3) is 0.167. The van der Waals surface area contributed by atoms with Gasteiger partial charge in [-0.2, -0.15) is 5.10 Å². The van der Waals surface area contributed by atoms with Crippen molar-refractivity contribution in [1.82, 2.24) is 5.43 Å². The second-order valence-corrected chi connectivity index (χ2v) is 7.43. The van der Waals surface area contributed by atoms with Gasteiger partial charge in [0.2, 0.25) is 5.91 Å². The van der Waals surface area contributed by atoms with Gasteiger partial charge < -0.3 is 4.74 Å². The maximum atomic E-state index is 13.0. The Morgan fingerprint density at radius 2 is 1.87 bits per heavy atom. The van der Waals surface area contributed by atoms with E-state index in [1.165, 1.54) is 18.3 Å². The number of hydrazone groups is 1. The number of nitrogens with zero attached hydrogens (tertiary/aromatic N) is 1. The quantitative estimate of drug-likeness (QED) is 0.409. The van der Waals surface area contributed by atoms with Crippen LogP contribution < -0.4 is 10.2 Å². The minimum atomic E-state index is -0.297. The minimum Gasteiger partial charge on any atom is -0.488 e. The largest absolute Gasteiger partial charge is 0.488 e. The molecular weight excluding hydrogens is 403 g/mol. The van der Waals surface area contributed by atoms with Crippen LogP contribution >= 0.6 is 11.6 Å². The molecule has 0 spiro atoms. The maximum absolute atomic E-state index is 13.0. The van der Waals surface area contributed by atoms with Crippen molar-refractivity contribution >= 4 is 23.7 Å². The Morgan fingerprint density at radius 1 is 1.10 bits per heavy atom. The summed E-state index contributed by atoms with van der Waals surface area (Å²) in [5, 5.41) is 4.56. The van der Waals surface area contributed by atoms with Crippen LogP contribution in [0.15, 0.2) is 65.8 Å². The van der Waals surface area contributed by atoms with Crippen molar-refractivity contribution in [2.45, 2.75) is 26.9 Å². The van der Waals surface area contributed by atoms with Gasteiger partial charge in [0.15, 0.2) is 0 Å². The summed E-state index contributed by atoms with van der Waals surface area (Å²) in [6.07, 6.45) is 1.73. The Balaban J connectivity index is 1.63.